The van der Waals surface area contributed by atoms with E-state index in [1.807, 2.05) is 31.2 Å². The van der Waals surface area contributed by atoms with Crippen LogP contribution in [0.1, 0.15) is 5.56 Å². The second kappa shape index (κ2) is 6.20. The second-order valence-corrected chi connectivity index (χ2v) is 5.44. The number of para-hydroxylation sites is 1. The van der Waals surface area contributed by atoms with E-state index in [4.69, 9.17) is 10.5 Å². The van der Waals surface area contributed by atoms with Gasteiger partial charge in [0.15, 0.2) is 11.0 Å². The fourth-order valence-corrected chi connectivity index (χ4v) is 2.63. The van der Waals surface area contributed by atoms with Crippen LogP contribution in [0, 0.1) is 40.9 Å². The molecular formula is C19H11N5O. The van der Waals surface area contributed by atoms with Crippen molar-refractivity contribution < 1.29 is 0 Å². The molecule has 3 aromatic rings. The molecule has 6 heteroatoms. The number of anilines is 1. The lowest BCUT2D eigenvalue weighted by Crippen LogP contribution is -2.07. The Balaban J connectivity index is 2.31. The van der Waals surface area contributed by atoms with Crippen LogP contribution >= 0.6 is 0 Å². The van der Waals surface area contributed by atoms with Crippen LogP contribution < -0.4 is 10.7 Å². The highest BCUT2D eigenvalue weighted by Gasteiger charge is 2.12. The Kier molecular flexibility index (Phi) is 3.92. The summed E-state index contributed by atoms with van der Waals surface area (Å²) in [4.78, 5) is 16.0. The fourth-order valence-electron chi connectivity index (χ4n) is 2.63. The van der Waals surface area contributed by atoms with E-state index in [1.54, 1.807) is 30.3 Å². The molecule has 3 rings (SSSR count). The van der Waals surface area contributed by atoms with Gasteiger partial charge in [-0.15, -0.1) is 0 Å². The van der Waals surface area contributed by atoms with E-state index in [1.165, 1.54) is 0 Å². The first kappa shape index (κ1) is 15.8. The number of rotatable bonds is 2. The lowest BCUT2D eigenvalue weighted by atomic mass is 10.1. The highest BCUT2D eigenvalue weighted by Crippen LogP contribution is 2.24. The first-order chi connectivity index (χ1) is 12.1. The number of fused-ring (bicyclic) bond motifs is 2. The number of aryl methyl sites for hydroxylation is 1. The third-order valence-corrected chi connectivity index (χ3v) is 3.83. The minimum atomic E-state index is -0.321. The zero-order valence-corrected chi connectivity index (χ0v) is 13.2. The van der Waals surface area contributed by atoms with Crippen LogP contribution in [0.5, 0.6) is 0 Å². The maximum Gasteiger partial charge on any atom is 0.197 e. The lowest BCUT2D eigenvalue weighted by molar-refractivity contribution is 1.37. The average molecular weight is 325 g/mol. The Hall–Kier alpha value is -4.08. The van der Waals surface area contributed by atoms with Crippen molar-refractivity contribution in [3.8, 4) is 18.2 Å². The highest BCUT2D eigenvalue weighted by molar-refractivity contribution is 5.99. The Labute approximate surface area is 142 Å². The first-order valence-corrected chi connectivity index (χ1v) is 7.36. The molecule has 2 aromatic carbocycles. The van der Waals surface area contributed by atoms with Gasteiger partial charge < -0.3 is 10.3 Å². The summed E-state index contributed by atoms with van der Waals surface area (Å²) in [5, 5.41) is 30.9. The van der Waals surface area contributed by atoms with Crippen LogP contribution in [-0.4, -0.2) is 4.98 Å². The van der Waals surface area contributed by atoms with E-state index >= 15 is 0 Å². The number of H-pyrrole nitrogens is 1. The molecule has 1 heterocycles. The van der Waals surface area contributed by atoms with E-state index < -0.39 is 0 Å². The Morgan fingerprint density at radius 2 is 1.80 bits per heavy atom. The molecule has 0 fully saturated rings. The maximum atomic E-state index is 12.8. The average Bonchev–Trinajstić information content (AvgIpc) is 2.63. The molecule has 6 nitrogen and oxygen atoms in total. The van der Waals surface area contributed by atoms with E-state index in [0.29, 0.717) is 27.5 Å². The highest BCUT2D eigenvalue weighted by atomic mass is 16.1. The van der Waals surface area contributed by atoms with Crippen LogP contribution in [0.15, 0.2) is 52.5 Å². The van der Waals surface area contributed by atoms with Crippen LogP contribution in [-0.2, 0) is 0 Å². The number of nitrogens with zero attached hydrogens (tertiary/aromatic N) is 3. The summed E-state index contributed by atoms with van der Waals surface area (Å²) >= 11 is 0. The Morgan fingerprint density at radius 1 is 1.04 bits per heavy atom. The molecule has 0 bridgehead atoms. The molecule has 0 aliphatic carbocycles. The third-order valence-electron chi connectivity index (χ3n) is 3.83. The standard InChI is InChI=1S/C19H11N5O/c1-11-5-6-15-14(7-11)19(25)13-3-2-4-16(18(13)24-15)23-17(10-22)12(8-20)9-21/h2-7,23H,1H3,(H,24,25). The van der Waals surface area contributed by atoms with Gasteiger partial charge in [-0.2, -0.15) is 15.8 Å². The van der Waals surface area contributed by atoms with Gasteiger partial charge in [0.25, 0.3) is 0 Å². The van der Waals surface area contributed by atoms with Gasteiger partial charge in [0.05, 0.1) is 11.2 Å². The second-order valence-electron chi connectivity index (χ2n) is 5.44. The molecule has 2 N–H and O–H groups in total. The summed E-state index contributed by atoms with van der Waals surface area (Å²) in [5.74, 6) is 0. The molecule has 0 unspecified atom stereocenters. The van der Waals surface area contributed by atoms with Crippen molar-refractivity contribution in [2.24, 2.45) is 0 Å². The van der Waals surface area contributed by atoms with E-state index in [-0.39, 0.29) is 16.7 Å². The minimum Gasteiger partial charge on any atom is -0.353 e. The lowest BCUT2D eigenvalue weighted by Gasteiger charge is -2.10. The van der Waals surface area contributed by atoms with Gasteiger partial charge in [-0.1, -0.05) is 17.7 Å². The van der Waals surface area contributed by atoms with E-state index in [0.717, 1.165) is 5.56 Å². The van der Waals surface area contributed by atoms with Crippen LogP contribution in [0.25, 0.3) is 21.8 Å². The predicted molar refractivity (Wildman–Crippen MR) is 94.3 cm³/mol. The number of allylic oxidation sites excluding steroid dienone is 2. The predicted octanol–water partition coefficient (Wildman–Crippen LogP) is 3.23. The van der Waals surface area contributed by atoms with E-state index in [9.17, 15) is 10.1 Å². The van der Waals surface area contributed by atoms with Gasteiger partial charge in [0, 0.05) is 16.3 Å². The molecule has 0 spiro atoms. The van der Waals surface area contributed by atoms with Gasteiger partial charge >= 0.3 is 0 Å². The summed E-state index contributed by atoms with van der Waals surface area (Å²) in [5.41, 5.74) is 1.98. The summed E-state index contributed by atoms with van der Waals surface area (Å²) in [6.45, 7) is 1.91. The van der Waals surface area contributed by atoms with Crippen molar-refractivity contribution in [1.29, 1.82) is 15.8 Å². The Bertz CT molecular complexity index is 1210. The Morgan fingerprint density at radius 3 is 2.48 bits per heavy atom. The number of benzene rings is 2. The summed E-state index contributed by atoms with van der Waals surface area (Å²) in [7, 11) is 0. The van der Waals surface area contributed by atoms with Crippen molar-refractivity contribution in [3.63, 3.8) is 0 Å². The molecule has 0 radical (unpaired) electrons. The minimum absolute atomic E-state index is 0.126. The van der Waals surface area contributed by atoms with Crippen molar-refractivity contribution in [3.05, 3.63) is 63.5 Å². The van der Waals surface area contributed by atoms with Crippen molar-refractivity contribution in [2.45, 2.75) is 6.92 Å². The van der Waals surface area contributed by atoms with Crippen LogP contribution in [0.2, 0.25) is 0 Å². The smallest absolute Gasteiger partial charge is 0.197 e. The summed E-state index contributed by atoms with van der Waals surface area (Å²) in [6, 6.07) is 15.7. The monoisotopic (exact) mass is 325 g/mol. The number of aromatic amines is 1. The van der Waals surface area contributed by atoms with Gasteiger partial charge in [0.1, 0.15) is 23.9 Å². The third kappa shape index (κ3) is 2.67. The zero-order valence-electron chi connectivity index (χ0n) is 13.2. The molecule has 118 valence electrons. The summed E-state index contributed by atoms with van der Waals surface area (Å²) < 4.78 is 0. The molecule has 1 aromatic heterocycles. The number of nitriles is 3. The number of hydrogen-bond donors (Lipinski definition) is 2. The molecule has 0 atom stereocenters. The van der Waals surface area contributed by atoms with Crippen molar-refractivity contribution in [1.82, 2.24) is 4.98 Å². The molecule has 0 saturated heterocycles. The normalized spacial score (nSPS) is 9.84. The number of hydrogen-bond acceptors (Lipinski definition) is 5. The maximum absolute atomic E-state index is 12.8. The van der Waals surface area contributed by atoms with Crippen molar-refractivity contribution >= 4 is 27.5 Å². The zero-order chi connectivity index (χ0) is 18.0. The van der Waals surface area contributed by atoms with Crippen molar-refractivity contribution in [2.75, 3.05) is 5.32 Å². The molecule has 0 aliphatic heterocycles. The number of aromatic nitrogens is 1. The van der Waals surface area contributed by atoms with Gasteiger partial charge in [0.2, 0.25) is 0 Å². The quantitative estimate of drug-likeness (QED) is 0.554. The topological polar surface area (TPSA) is 116 Å². The fraction of sp³-hybridized carbons (Fsp3) is 0.0526. The molecule has 0 aliphatic rings. The van der Waals surface area contributed by atoms with Crippen LogP contribution in [0.4, 0.5) is 5.69 Å². The molecule has 0 saturated carbocycles. The SMILES string of the molecule is Cc1ccc2[nH]c3c(NC(C#N)=C(C#N)C#N)cccc3c(=O)c2c1. The largest absolute Gasteiger partial charge is 0.353 e. The van der Waals surface area contributed by atoms with E-state index in [2.05, 4.69) is 10.3 Å². The molecule has 0 amide bonds. The first-order valence-electron chi connectivity index (χ1n) is 7.36. The number of nitrogens with one attached hydrogen (secondary N) is 2. The van der Waals surface area contributed by atoms with Gasteiger partial charge in [-0.05, 0) is 31.2 Å². The van der Waals surface area contributed by atoms with Gasteiger partial charge in [-0.3, -0.25) is 4.79 Å². The van der Waals surface area contributed by atoms with Gasteiger partial charge in [-0.25, -0.2) is 0 Å². The molecular weight excluding hydrogens is 314 g/mol. The summed E-state index contributed by atoms with van der Waals surface area (Å²) in [6.07, 6.45) is 0. The number of pyridine rings is 1. The molecule has 25 heavy (non-hydrogen) atoms. The van der Waals surface area contributed by atoms with Crippen LogP contribution in [0.3, 0.4) is 0 Å².